The van der Waals surface area contributed by atoms with Gasteiger partial charge in [-0.1, -0.05) is 12.1 Å². The Hall–Kier alpha value is -2.62. The lowest BCUT2D eigenvalue weighted by Crippen LogP contribution is -2.23. The van der Waals surface area contributed by atoms with Crippen LogP contribution in [0.2, 0.25) is 0 Å². The van der Waals surface area contributed by atoms with Gasteiger partial charge in [-0.15, -0.1) is 0 Å². The second-order valence-corrected chi connectivity index (χ2v) is 5.28. The van der Waals surface area contributed by atoms with E-state index in [1.165, 1.54) is 0 Å². The number of nitrogens with one attached hydrogen (secondary N) is 1. The highest BCUT2D eigenvalue weighted by Crippen LogP contribution is 2.28. The number of nitrogens with zero attached hydrogens (tertiary/aromatic N) is 2. The SMILES string of the molecule is O=C1CCCN1c1cc[c]c(-c2ccc3[nH]ncc3c2)c1. The molecule has 4 heteroatoms. The first kappa shape index (κ1) is 12.1. The summed E-state index contributed by atoms with van der Waals surface area (Å²) >= 11 is 0. The van der Waals surface area contributed by atoms with Crippen LogP contribution in [0, 0.1) is 6.07 Å². The molecule has 4 nitrogen and oxygen atoms in total. The van der Waals surface area contributed by atoms with Gasteiger partial charge in [0.15, 0.2) is 0 Å². The fourth-order valence-corrected chi connectivity index (χ4v) is 2.82. The third-order valence-corrected chi connectivity index (χ3v) is 3.92. The smallest absolute Gasteiger partial charge is 0.227 e. The summed E-state index contributed by atoms with van der Waals surface area (Å²) in [5, 5.41) is 8.06. The Labute approximate surface area is 122 Å². The summed E-state index contributed by atoms with van der Waals surface area (Å²) in [6.07, 6.45) is 3.40. The van der Waals surface area contributed by atoms with Crippen LogP contribution < -0.4 is 4.90 Å². The summed E-state index contributed by atoms with van der Waals surface area (Å²) in [7, 11) is 0. The summed E-state index contributed by atoms with van der Waals surface area (Å²) < 4.78 is 0. The summed E-state index contributed by atoms with van der Waals surface area (Å²) in [5.41, 5.74) is 4.05. The molecule has 4 rings (SSSR count). The van der Waals surface area contributed by atoms with E-state index in [1.807, 2.05) is 41.4 Å². The topological polar surface area (TPSA) is 49.0 Å². The predicted octanol–water partition coefficient (Wildman–Crippen LogP) is 3.16. The van der Waals surface area contributed by atoms with Gasteiger partial charge >= 0.3 is 0 Å². The minimum atomic E-state index is 0.206. The number of rotatable bonds is 2. The van der Waals surface area contributed by atoms with Gasteiger partial charge in [0, 0.05) is 24.0 Å². The summed E-state index contributed by atoms with van der Waals surface area (Å²) in [6.45, 7) is 0.809. The first-order valence-corrected chi connectivity index (χ1v) is 7.07. The molecular weight excluding hydrogens is 262 g/mol. The van der Waals surface area contributed by atoms with Gasteiger partial charge in [0.1, 0.15) is 0 Å². The highest BCUT2D eigenvalue weighted by atomic mass is 16.2. The summed E-state index contributed by atoms with van der Waals surface area (Å²) in [6, 6.07) is 15.3. The molecule has 21 heavy (non-hydrogen) atoms. The summed E-state index contributed by atoms with van der Waals surface area (Å²) in [5.74, 6) is 0.206. The average Bonchev–Trinajstić information content (AvgIpc) is 3.15. The molecule has 1 radical (unpaired) electrons. The molecule has 0 aliphatic carbocycles. The number of aromatic nitrogens is 2. The van der Waals surface area contributed by atoms with E-state index < -0.39 is 0 Å². The van der Waals surface area contributed by atoms with Gasteiger partial charge in [-0.2, -0.15) is 5.10 Å². The lowest BCUT2D eigenvalue weighted by Gasteiger charge is -2.16. The third-order valence-electron chi connectivity index (χ3n) is 3.92. The zero-order valence-electron chi connectivity index (χ0n) is 11.5. The van der Waals surface area contributed by atoms with Crippen molar-refractivity contribution in [3.8, 4) is 11.1 Å². The Bertz CT molecular complexity index is 822. The van der Waals surface area contributed by atoms with Gasteiger partial charge in [-0.25, -0.2) is 0 Å². The molecule has 0 spiro atoms. The van der Waals surface area contributed by atoms with Gasteiger partial charge in [0.25, 0.3) is 0 Å². The molecule has 0 saturated carbocycles. The van der Waals surface area contributed by atoms with Gasteiger partial charge in [-0.3, -0.25) is 9.89 Å². The van der Waals surface area contributed by atoms with Crippen LogP contribution in [0.5, 0.6) is 0 Å². The largest absolute Gasteiger partial charge is 0.312 e. The van der Waals surface area contributed by atoms with Crippen LogP contribution in [0.1, 0.15) is 12.8 Å². The Morgan fingerprint density at radius 2 is 2.19 bits per heavy atom. The van der Waals surface area contributed by atoms with Crippen molar-refractivity contribution in [2.45, 2.75) is 12.8 Å². The molecule has 0 unspecified atom stereocenters. The highest BCUT2D eigenvalue weighted by molar-refractivity contribution is 5.96. The molecule has 0 bridgehead atoms. The van der Waals surface area contributed by atoms with Crippen molar-refractivity contribution in [1.82, 2.24) is 10.2 Å². The molecule has 103 valence electrons. The first-order chi connectivity index (χ1) is 10.3. The number of carbonyl (C=O) groups excluding carboxylic acids is 1. The number of amides is 1. The molecule has 1 N–H and O–H groups in total. The van der Waals surface area contributed by atoms with Crippen molar-refractivity contribution in [1.29, 1.82) is 0 Å². The number of H-pyrrole nitrogens is 1. The second-order valence-electron chi connectivity index (χ2n) is 5.28. The number of aromatic amines is 1. The molecular formula is C17H14N3O. The monoisotopic (exact) mass is 276 g/mol. The van der Waals surface area contributed by atoms with Crippen molar-refractivity contribution in [2.75, 3.05) is 11.4 Å². The van der Waals surface area contributed by atoms with Crippen molar-refractivity contribution >= 4 is 22.5 Å². The maximum atomic E-state index is 11.9. The van der Waals surface area contributed by atoms with Gasteiger partial charge in [0.05, 0.1) is 11.7 Å². The molecule has 0 atom stereocenters. The molecule has 2 aromatic carbocycles. The lowest BCUT2D eigenvalue weighted by molar-refractivity contribution is -0.117. The molecule has 1 aliphatic heterocycles. The van der Waals surface area contributed by atoms with Crippen molar-refractivity contribution in [3.05, 3.63) is 48.7 Å². The summed E-state index contributed by atoms with van der Waals surface area (Å²) in [4.78, 5) is 13.7. The highest BCUT2D eigenvalue weighted by Gasteiger charge is 2.21. The van der Waals surface area contributed by atoms with E-state index in [0.717, 1.165) is 40.7 Å². The van der Waals surface area contributed by atoms with Gasteiger partial charge in [-0.05, 0) is 47.9 Å². The van der Waals surface area contributed by atoms with Crippen molar-refractivity contribution in [3.63, 3.8) is 0 Å². The Morgan fingerprint density at radius 1 is 1.24 bits per heavy atom. The van der Waals surface area contributed by atoms with E-state index in [9.17, 15) is 4.79 Å². The number of carbonyl (C=O) groups is 1. The van der Waals surface area contributed by atoms with Crippen molar-refractivity contribution < 1.29 is 4.79 Å². The Kier molecular flexibility index (Phi) is 2.74. The van der Waals surface area contributed by atoms with Crippen LogP contribution >= 0.6 is 0 Å². The minimum Gasteiger partial charge on any atom is -0.312 e. The quantitative estimate of drug-likeness (QED) is 0.781. The zero-order valence-corrected chi connectivity index (χ0v) is 11.5. The molecule has 1 aliphatic rings. The van der Waals surface area contributed by atoms with E-state index in [4.69, 9.17) is 0 Å². The average molecular weight is 276 g/mol. The van der Waals surface area contributed by atoms with Crippen molar-refractivity contribution in [2.24, 2.45) is 0 Å². The lowest BCUT2D eigenvalue weighted by atomic mass is 10.0. The van der Waals surface area contributed by atoms with Crippen LogP contribution in [-0.2, 0) is 4.79 Å². The normalized spacial score (nSPS) is 15.0. The maximum Gasteiger partial charge on any atom is 0.227 e. The predicted molar refractivity (Wildman–Crippen MR) is 82.0 cm³/mol. The Balaban J connectivity index is 1.76. The molecule has 2 heterocycles. The fourth-order valence-electron chi connectivity index (χ4n) is 2.82. The van der Waals surface area contributed by atoms with Gasteiger partial charge < -0.3 is 4.90 Å². The van der Waals surface area contributed by atoms with Crippen LogP contribution in [0.4, 0.5) is 5.69 Å². The van der Waals surface area contributed by atoms with E-state index >= 15 is 0 Å². The molecule has 3 aromatic rings. The number of fused-ring (bicyclic) bond motifs is 1. The Morgan fingerprint density at radius 3 is 3.05 bits per heavy atom. The second kappa shape index (κ2) is 4.74. The number of hydrogen-bond acceptors (Lipinski definition) is 2. The minimum absolute atomic E-state index is 0.206. The third kappa shape index (κ3) is 2.09. The number of hydrogen-bond donors (Lipinski definition) is 1. The number of anilines is 1. The maximum absolute atomic E-state index is 11.9. The van der Waals surface area contributed by atoms with Crippen LogP contribution in [-0.4, -0.2) is 22.6 Å². The fraction of sp³-hybridized carbons (Fsp3) is 0.176. The molecule has 1 fully saturated rings. The van der Waals surface area contributed by atoms with E-state index in [1.54, 1.807) is 0 Å². The molecule has 1 saturated heterocycles. The number of benzene rings is 2. The molecule has 1 aromatic heterocycles. The van der Waals surface area contributed by atoms with E-state index in [0.29, 0.717) is 6.42 Å². The van der Waals surface area contributed by atoms with E-state index in [-0.39, 0.29) is 5.91 Å². The molecule has 1 amide bonds. The van der Waals surface area contributed by atoms with Crippen LogP contribution in [0.15, 0.2) is 42.6 Å². The first-order valence-electron chi connectivity index (χ1n) is 7.07. The van der Waals surface area contributed by atoms with E-state index in [2.05, 4.69) is 22.3 Å². The standard InChI is InChI=1S/C17H14N3O/c21-17-5-2-8-20(17)15-4-1-3-12(10-15)13-6-7-16-14(9-13)11-18-19-16/h1,4,6-7,9-11H,2,5,8H2,(H,18,19). The van der Waals surface area contributed by atoms with Gasteiger partial charge in [0.2, 0.25) is 5.91 Å². The van der Waals surface area contributed by atoms with Crippen LogP contribution in [0.25, 0.3) is 22.0 Å². The van der Waals surface area contributed by atoms with Crippen LogP contribution in [0.3, 0.4) is 0 Å². The zero-order chi connectivity index (χ0) is 14.2.